The van der Waals surface area contributed by atoms with Gasteiger partial charge in [-0.25, -0.2) is 4.39 Å². The van der Waals surface area contributed by atoms with Crippen LogP contribution >= 0.6 is 0 Å². The second-order valence-electron chi connectivity index (χ2n) is 4.60. The van der Waals surface area contributed by atoms with Gasteiger partial charge in [-0.05, 0) is 30.5 Å². The van der Waals surface area contributed by atoms with E-state index in [4.69, 9.17) is 0 Å². The largest absolute Gasteiger partial charge is 0.324 e. The van der Waals surface area contributed by atoms with Crippen molar-refractivity contribution in [1.29, 1.82) is 0 Å². The van der Waals surface area contributed by atoms with E-state index in [-0.39, 0.29) is 23.4 Å². The zero-order chi connectivity index (χ0) is 11.3. The van der Waals surface area contributed by atoms with E-state index in [9.17, 15) is 9.18 Å². The molecule has 3 nitrogen and oxygen atoms in total. The molecule has 1 aromatic carbocycles. The predicted octanol–water partition coefficient (Wildman–Crippen LogP) is 1.42. The minimum Gasteiger partial charge on any atom is -0.324 e. The molecule has 1 unspecified atom stereocenters. The summed E-state index contributed by atoms with van der Waals surface area (Å²) in [5.41, 5.74) is 0.464. The van der Waals surface area contributed by atoms with Gasteiger partial charge in [-0.2, -0.15) is 0 Å². The van der Waals surface area contributed by atoms with Crippen LogP contribution in [0.5, 0.6) is 0 Å². The first kappa shape index (κ1) is 9.78. The van der Waals surface area contributed by atoms with Crippen LogP contribution in [-0.2, 0) is 4.79 Å². The SMILES string of the molecule is CN1C(=O)C2(CC2)NC1c1cccc(F)c1. The smallest absolute Gasteiger partial charge is 0.244 e. The lowest BCUT2D eigenvalue weighted by Crippen LogP contribution is -2.30. The summed E-state index contributed by atoms with van der Waals surface area (Å²) in [6, 6.07) is 6.39. The van der Waals surface area contributed by atoms with Gasteiger partial charge in [-0.3, -0.25) is 10.1 Å². The van der Waals surface area contributed by atoms with E-state index in [1.807, 2.05) is 6.07 Å². The van der Waals surface area contributed by atoms with Crippen LogP contribution in [0.4, 0.5) is 4.39 Å². The van der Waals surface area contributed by atoms with Crippen molar-refractivity contribution >= 4 is 5.91 Å². The summed E-state index contributed by atoms with van der Waals surface area (Å²) in [5, 5.41) is 3.29. The van der Waals surface area contributed by atoms with Crippen LogP contribution in [-0.4, -0.2) is 23.4 Å². The van der Waals surface area contributed by atoms with E-state index < -0.39 is 0 Å². The minimum atomic E-state index is -0.342. The molecule has 2 aliphatic rings. The Morgan fingerprint density at radius 3 is 2.81 bits per heavy atom. The summed E-state index contributed by atoms with van der Waals surface area (Å²) in [4.78, 5) is 13.6. The molecule has 16 heavy (non-hydrogen) atoms. The number of carbonyl (C=O) groups is 1. The van der Waals surface area contributed by atoms with Crippen molar-refractivity contribution in [3.8, 4) is 0 Å². The molecule has 2 fully saturated rings. The zero-order valence-electron chi connectivity index (χ0n) is 9.03. The van der Waals surface area contributed by atoms with Crippen LogP contribution in [0, 0.1) is 5.82 Å². The lowest BCUT2D eigenvalue weighted by atomic mass is 10.1. The van der Waals surface area contributed by atoms with Gasteiger partial charge in [0.05, 0.1) is 0 Å². The van der Waals surface area contributed by atoms with E-state index in [1.54, 1.807) is 18.0 Å². The first-order valence-corrected chi connectivity index (χ1v) is 5.43. The molecule has 1 aliphatic heterocycles. The van der Waals surface area contributed by atoms with Crippen molar-refractivity contribution < 1.29 is 9.18 Å². The summed E-state index contributed by atoms with van der Waals surface area (Å²) < 4.78 is 13.1. The van der Waals surface area contributed by atoms with Gasteiger partial charge in [0, 0.05) is 7.05 Å². The number of hydrogen-bond acceptors (Lipinski definition) is 2. The average molecular weight is 220 g/mol. The molecule has 4 heteroatoms. The van der Waals surface area contributed by atoms with Crippen molar-refractivity contribution in [2.75, 3.05) is 7.05 Å². The van der Waals surface area contributed by atoms with Crippen LogP contribution < -0.4 is 5.32 Å². The first-order valence-electron chi connectivity index (χ1n) is 5.43. The summed E-state index contributed by atoms with van der Waals surface area (Å²) in [6.45, 7) is 0. The maximum atomic E-state index is 13.1. The summed E-state index contributed by atoms with van der Waals surface area (Å²) in [7, 11) is 1.76. The molecule has 0 aromatic heterocycles. The lowest BCUT2D eigenvalue weighted by molar-refractivity contribution is -0.129. The highest BCUT2D eigenvalue weighted by molar-refractivity contribution is 5.91. The monoisotopic (exact) mass is 220 g/mol. The maximum Gasteiger partial charge on any atom is 0.244 e. The zero-order valence-corrected chi connectivity index (χ0v) is 9.03. The lowest BCUT2D eigenvalue weighted by Gasteiger charge is -2.19. The van der Waals surface area contributed by atoms with Crippen LogP contribution in [0.15, 0.2) is 24.3 Å². The molecule has 1 saturated carbocycles. The van der Waals surface area contributed by atoms with Crippen LogP contribution in [0.1, 0.15) is 24.6 Å². The molecule has 1 spiro atoms. The molecule has 1 aromatic rings. The topological polar surface area (TPSA) is 32.3 Å². The summed E-state index contributed by atoms with van der Waals surface area (Å²) in [5.74, 6) is -0.140. The molecule has 0 radical (unpaired) electrons. The number of likely N-dealkylation sites (N-methyl/N-ethyl adjacent to an activating group) is 1. The van der Waals surface area contributed by atoms with E-state index in [1.165, 1.54) is 12.1 Å². The fourth-order valence-corrected chi connectivity index (χ4v) is 2.34. The van der Waals surface area contributed by atoms with Crippen molar-refractivity contribution in [3.05, 3.63) is 35.6 Å². The second kappa shape index (κ2) is 3.04. The number of hydrogen-bond donors (Lipinski definition) is 1. The van der Waals surface area contributed by atoms with Crippen molar-refractivity contribution in [2.45, 2.75) is 24.5 Å². The molecule has 84 valence electrons. The molecule has 1 saturated heterocycles. The van der Waals surface area contributed by atoms with Gasteiger partial charge in [-0.1, -0.05) is 12.1 Å². The Bertz CT molecular complexity index is 456. The highest BCUT2D eigenvalue weighted by Gasteiger charge is 2.58. The number of carbonyl (C=O) groups excluding carboxylic acids is 1. The third kappa shape index (κ3) is 1.26. The van der Waals surface area contributed by atoms with Gasteiger partial charge >= 0.3 is 0 Å². The highest BCUT2D eigenvalue weighted by Crippen LogP contribution is 2.45. The molecule has 0 bridgehead atoms. The van der Waals surface area contributed by atoms with Crippen LogP contribution in [0.3, 0.4) is 0 Å². The van der Waals surface area contributed by atoms with E-state index >= 15 is 0 Å². The normalized spacial score (nSPS) is 26.5. The van der Waals surface area contributed by atoms with Gasteiger partial charge in [-0.15, -0.1) is 0 Å². The molecule has 1 N–H and O–H groups in total. The number of amides is 1. The maximum absolute atomic E-state index is 13.1. The average Bonchev–Trinajstić information content (AvgIpc) is 3.00. The van der Waals surface area contributed by atoms with Gasteiger partial charge < -0.3 is 4.90 Å². The number of nitrogens with one attached hydrogen (secondary N) is 1. The molecule has 1 heterocycles. The first-order chi connectivity index (χ1) is 7.62. The quantitative estimate of drug-likeness (QED) is 0.776. The van der Waals surface area contributed by atoms with E-state index in [0.29, 0.717) is 0 Å². The van der Waals surface area contributed by atoms with Gasteiger partial charge in [0.15, 0.2) is 0 Å². The second-order valence-corrected chi connectivity index (χ2v) is 4.60. The van der Waals surface area contributed by atoms with Crippen LogP contribution in [0.2, 0.25) is 0 Å². The molecule has 1 aliphatic carbocycles. The van der Waals surface area contributed by atoms with Crippen molar-refractivity contribution in [1.82, 2.24) is 10.2 Å². The van der Waals surface area contributed by atoms with E-state index in [0.717, 1.165) is 18.4 Å². The highest BCUT2D eigenvalue weighted by atomic mass is 19.1. The fraction of sp³-hybridized carbons (Fsp3) is 0.417. The molecular weight excluding hydrogens is 207 g/mol. The van der Waals surface area contributed by atoms with Crippen molar-refractivity contribution in [2.24, 2.45) is 0 Å². The molecule has 3 rings (SSSR count). The number of benzene rings is 1. The third-order valence-electron chi connectivity index (χ3n) is 3.44. The molecular formula is C12H13FN2O. The van der Waals surface area contributed by atoms with Gasteiger partial charge in [0.25, 0.3) is 0 Å². The number of nitrogens with zero attached hydrogens (tertiary/aromatic N) is 1. The van der Waals surface area contributed by atoms with Crippen LogP contribution in [0.25, 0.3) is 0 Å². The number of rotatable bonds is 1. The Morgan fingerprint density at radius 1 is 1.50 bits per heavy atom. The Hall–Kier alpha value is -1.42. The standard InChI is InChI=1S/C12H13FN2O/c1-15-10(8-3-2-4-9(13)7-8)14-12(5-6-12)11(15)16/h2-4,7,10,14H,5-6H2,1H3. The third-order valence-corrected chi connectivity index (χ3v) is 3.44. The Morgan fingerprint density at radius 2 is 2.25 bits per heavy atom. The van der Waals surface area contributed by atoms with Gasteiger partial charge in [0.2, 0.25) is 5.91 Å². The summed E-state index contributed by atoms with van der Waals surface area (Å²) >= 11 is 0. The number of halogens is 1. The minimum absolute atomic E-state index is 0.127. The van der Waals surface area contributed by atoms with E-state index in [2.05, 4.69) is 5.32 Å². The fourth-order valence-electron chi connectivity index (χ4n) is 2.34. The molecule has 1 amide bonds. The Labute approximate surface area is 93.2 Å². The Balaban J connectivity index is 1.94. The Kier molecular flexibility index (Phi) is 1.86. The molecule has 1 atom stereocenters. The van der Waals surface area contributed by atoms with Crippen molar-refractivity contribution in [3.63, 3.8) is 0 Å². The predicted molar refractivity (Wildman–Crippen MR) is 57.0 cm³/mol. The summed E-state index contributed by atoms with van der Waals surface area (Å²) in [6.07, 6.45) is 1.59. The van der Waals surface area contributed by atoms with Gasteiger partial charge in [0.1, 0.15) is 17.5 Å².